The molecule has 0 aliphatic rings. The fraction of sp³-hybridized carbons (Fsp3) is 0.500. The van der Waals surface area contributed by atoms with Gasteiger partial charge in [0.1, 0.15) is 0 Å². The SMILES string of the molecule is CCc1cccnc1C(Cc1nc(C(C)(C)C)cs1)NN. The minimum atomic E-state index is 0.000110. The van der Waals surface area contributed by atoms with Gasteiger partial charge in [0.05, 0.1) is 22.4 Å². The second kappa shape index (κ2) is 6.64. The Morgan fingerprint density at radius 3 is 2.71 bits per heavy atom. The molecule has 114 valence electrons. The first-order valence-electron chi connectivity index (χ1n) is 7.30. The van der Waals surface area contributed by atoms with Crippen LogP contribution in [0.3, 0.4) is 0 Å². The van der Waals surface area contributed by atoms with E-state index in [9.17, 15) is 0 Å². The van der Waals surface area contributed by atoms with Crippen LogP contribution in [0, 0.1) is 0 Å². The van der Waals surface area contributed by atoms with Gasteiger partial charge in [-0.3, -0.25) is 16.3 Å². The van der Waals surface area contributed by atoms with Crippen LogP contribution in [0.15, 0.2) is 23.7 Å². The molecule has 0 spiro atoms. The lowest BCUT2D eigenvalue weighted by molar-refractivity contribution is 0.526. The number of nitrogens with zero attached hydrogens (tertiary/aromatic N) is 2. The molecule has 0 bridgehead atoms. The smallest absolute Gasteiger partial charge is 0.0948 e. The van der Waals surface area contributed by atoms with E-state index in [1.807, 2.05) is 12.3 Å². The zero-order chi connectivity index (χ0) is 15.5. The van der Waals surface area contributed by atoms with E-state index in [0.717, 1.165) is 29.2 Å². The van der Waals surface area contributed by atoms with Crippen LogP contribution in [0.25, 0.3) is 0 Å². The second-order valence-corrected chi connectivity index (χ2v) is 7.14. The Kier molecular flexibility index (Phi) is 5.08. The predicted molar refractivity (Wildman–Crippen MR) is 88.2 cm³/mol. The highest BCUT2D eigenvalue weighted by Crippen LogP contribution is 2.27. The van der Waals surface area contributed by atoms with Crippen LogP contribution in [0.2, 0.25) is 0 Å². The number of thiazole rings is 1. The van der Waals surface area contributed by atoms with E-state index in [0.29, 0.717) is 0 Å². The molecule has 0 saturated carbocycles. The Balaban J connectivity index is 2.21. The molecular formula is C16H24N4S. The van der Waals surface area contributed by atoms with Crippen molar-refractivity contribution in [2.24, 2.45) is 5.84 Å². The van der Waals surface area contributed by atoms with Crippen molar-refractivity contribution in [2.75, 3.05) is 0 Å². The number of hydrogen-bond donors (Lipinski definition) is 2. The highest BCUT2D eigenvalue weighted by molar-refractivity contribution is 7.09. The molecule has 0 radical (unpaired) electrons. The lowest BCUT2D eigenvalue weighted by atomic mass is 9.93. The summed E-state index contributed by atoms with van der Waals surface area (Å²) < 4.78 is 0. The van der Waals surface area contributed by atoms with Gasteiger partial charge in [-0.05, 0) is 18.1 Å². The first-order valence-corrected chi connectivity index (χ1v) is 8.18. The number of aryl methyl sites for hydroxylation is 1. The van der Waals surface area contributed by atoms with Gasteiger partial charge in [0.15, 0.2) is 0 Å². The average molecular weight is 304 g/mol. The fourth-order valence-electron chi connectivity index (χ4n) is 2.22. The number of aromatic nitrogens is 2. The van der Waals surface area contributed by atoms with Crippen LogP contribution in [0.5, 0.6) is 0 Å². The molecule has 3 N–H and O–H groups in total. The predicted octanol–water partition coefficient (Wildman–Crippen LogP) is 3.15. The van der Waals surface area contributed by atoms with Crippen LogP contribution in [-0.4, -0.2) is 9.97 Å². The average Bonchev–Trinajstić information content (AvgIpc) is 2.93. The van der Waals surface area contributed by atoms with Crippen molar-refractivity contribution >= 4 is 11.3 Å². The molecule has 1 unspecified atom stereocenters. The van der Waals surface area contributed by atoms with Crippen LogP contribution < -0.4 is 11.3 Å². The van der Waals surface area contributed by atoms with Gasteiger partial charge >= 0.3 is 0 Å². The maximum Gasteiger partial charge on any atom is 0.0948 e. The molecular weight excluding hydrogens is 280 g/mol. The molecule has 0 fully saturated rings. The maximum absolute atomic E-state index is 5.76. The van der Waals surface area contributed by atoms with Crippen LogP contribution in [-0.2, 0) is 18.3 Å². The monoisotopic (exact) mass is 304 g/mol. The Labute approximate surface area is 130 Å². The molecule has 21 heavy (non-hydrogen) atoms. The third-order valence-corrected chi connectivity index (χ3v) is 4.41. The van der Waals surface area contributed by atoms with Crippen molar-refractivity contribution in [2.45, 2.75) is 52.0 Å². The molecule has 0 amide bonds. The summed E-state index contributed by atoms with van der Waals surface area (Å²) in [5.41, 5.74) is 6.36. The maximum atomic E-state index is 5.76. The van der Waals surface area contributed by atoms with Crippen LogP contribution in [0.4, 0.5) is 0 Å². The van der Waals surface area contributed by atoms with E-state index in [2.05, 4.69) is 49.6 Å². The summed E-state index contributed by atoms with van der Waals surface area (Å²) in [6.07, 6.45) is 3.54. The third kappa shape index (κ3) is 3.87. The molecule has 2 heterocycles. The summed E-state index contributed by atoms with van der Waals surface area (Å²) in [7, 11) is 0. The van der Waals surface area contributed by atoms with Crippen molar-refractivity contribution in [3.63, 3.8) is 0 Å². The molecule has 4 nitrogen and oxygen atoms in total. The molecule has 1 atom stereocenters. The second-order valence-electron chi connectivity index (χ2n) is 6.20. The van der Waals surface area contributed by atoms with E-state index in [1.165, 1.54) is 5.56 Å². The zero-order valence-electron chi connectivity index (χ0n) is 13.2. The van der Waals surface area contributed by atoms with Gasteiger partial charge in [-0.25, -0.2) is 4.98 Å². The number of nitrogens with two attached hydrogens (primary N) is 1. The van der Waals surface area contributed by atoms with Gasteiger partial charge in [-0.2, -0.15) is 0 Å². The summed E-state index contributed by atoms with van der Waals surface area (Å²) in [6, 6.07) is 4.08. The van der Waals surface area contributed by atoms with E-state index >= 15 is 0 Å². The summed E-state index contributed by atoms with van der Waals surface area (Å²) >= 11 is 1.69. The van der Waals surface area contributed by atoms with Crippen molar-refractivity contribution in [1.82, 2.24) is 15.4 Å². The highest BCUT2D eigenvalue weighted by Gasteiger charge is 2.20. The molecule has 0 aromatic carbocycles. The van der Waals surface area contributed by atoms with Gasteiger partial charge in [-0.15, -0.1) is 11.3 Å². The summed E-state index contributed by atoms with van der Waals surface area (Å²) in [5.74, 6) is 5.76. The quantitative estimate of drug-likeness (QED) is 0.658. The summed E-state index contributed by atoms with van der Waals surface area (Å²) in [4.78, 5) is 9.25. The van der Waals surface area contributed by atoms with Crippen molar-refractivity contribution < 1.29 is 0 Å². The van der Waals surface area contributed by atoms with E-state index in [-0.39, 0.29) is 11.5 Å². The lowest BCUT2D eigenvalue weighted by Crippen LogP contribution is -2.31. The number of hydrogen-bond acceptors (Lipinski definition) is 5. The van der Waals surface area contributed by atoms with Crippen LogP contribution in [0.1, 0.15) is 55.7 Å². The van der Waals surface area contributed by atoms with Crippen molar-refractivity contribution in [3.05, 3.63) is 45.7 Å². The number of pyridine rings is 1. The van der Waals surface area contributed by atoms with Gasteiger partial charge in [0.25, 0.3) is 0 Å². The zero-order valence-corrected chi connectivity index (χ0v) is 14.0. The molecule has 0 saturated heterocycles. The standard InChI is InChI=1S/C16H24N4S/c1-5-11-7-6-8-18-15(11)12(20-17)9-14-19-13(10-21-14)16(2,3)4/h6-8,10,12,20H,5,9,17H2,1-4H3. The molecule has 2 rings (SSSR count). The Hall–Kier alpha value is -1.30. The first kappa shape index (κ1) is 16.1. The van der Waals surface area contributed by atoms with Crippen LogP contribution >= 0.6 is 11.3 Å². The molecule has 2 aromatic heterocycles. The normalized spacial score (nSPS) is 13.4. The van der Waals surface area contributed by atoms with E-state index < -0.39 is 0 Å². The Morgan fingerprint density at radius 1 is 1.38 bits per heavy atom. The summed E-state index contributed by atoms with van der Waals surface area (Å²) in [6.45, 7) is 8.67. The first-order chi connectivity index (χ1) is 9.95. The van der Waals surface area contributed by atoms with E-state index in [4.69, 9.17) is 10.8 Å². The van der Waals surface area contributed by atoms with Gasteiger partial charge < -0.3 is 0 Å². The van der Waals surface area contributed by atoms with Gasteiger partial charge in [0, 0.05) is 23.4 Å². The minimum Gasteiger partial charge on any atom is -0.271 e. The third-order valence-electron chi connectivity index (χ3n) is 3.54. The fourth-order valence-corrected chi connectivity index (χ4v) is 3.29. The van der Waals surface area contributed by atoms with Crippen molar-refractivity contribution in [1.29, 1.82) is 0 Å². The van der Waals surface area contributed by atoms with Crippen molar-refractivity contribution in [3.8, 4) is 0 Å². The lowest BCUT2D eigenvalue weighted by Gasteiger charge is -2.17. The number of hydrazine groups is 1. The van der Waals surface area contributed by atoms with Gasteiger partial charge in [-0.1, -0.05) is 33.8 Å². The summed E-state index contributed by atoms with van der Waals surface area (Å²) in [5, 5.41) is 3.23. The molecule has 0 aliphatic carbocycles. The largest absolute Gasteiger partial charge is 0.271 e. The number of nitrogens with one attached hydrogen (secondary N) is 1. The topological polar surface area (TPSA) is 63.8 Å². The molecule has 5 heteroatoms. The Bertz CT molecular complexity index is 586. The van der Waals surface area contributed by atoms with E-state index in [1.54, 1.807) is 11.3 Å². The highest BCUT2D eigenvalue weighted by atomic mass is 32.1. The number of rotatable bonds is 5. The minimum absolute atomic E-state index is 0.000110. The molecule has 0 aliphatic heterocycles. The molecule has 2 aromatic rings. The Morgan fingerprint density at radius 2 is 2.14 bits per heavy atom. The van der Waals surface area contributed by atoms with Gasteiger partial charge in [0.2, 0.25) is 0 Å².